The molecule has 0 atom stereocenters. The van der Waals surface area contributed by atoms with Crippen molar-refractivity contribution in [2.75, 3.05) is 13.6 Å². The van der Waals surface area contributed by atoms with Gasteiger partial charge in [-0.1, -0.05) is 24.3 Å². The number of nitrogens with zero attached hydrogens (tertiary/aromatic N) is 2. The minimum Gasteiger partial charge on any atom is -0.323 e. The van der Waals surface area contributed by atoms with Crippen LogP contribution in [0.4, 0.5) is 0 Å². The Bertz CT molecular complexity index is 1000. The van der Waals surface area contributed by atoms with E-state index < -0.39 is 0 Å². The second-order valence-corrected chi connectivity index (χ2v) is 7.73. The molecule has 1 saturated carbocycles. The summed E-state index contributed by atoms with van der Waals surface area (Å²) >= 11 is 0. The van der Waals surface area contributed by atoms with E-state index in [0.29, 0.717) is 18.5 Å². The van der Waals surface area contributed by atoms with Gasteiger partial charge in [0.1, 0.15) is 6.29 Å². The van der Waals surface area contributed by atoms with E-state index >= 15 is 0 Å². The third-order valence-electron chi connectivity index (χ3n) is 6.00. The summed E-state index contributed by atoms with van der Waals surface area (Å²) in [6.45, 7) is 0.593. The molecule has 0 bridgehead atoms. The highest BCUT2D eigenvalue weighted by Crippen LogP contribution is 2.33. The molecule has 6 heteroatoms. The van der Waals surface area contributed by atoms with Crippen molar-refractivity contribution in [2.45, 2.75) is 37.8 Å². The van der Waals surface area contributed by atoms with E-state index in [1.807, 2.05) is 42.3 Å². The lowest BCUT2D eigenvalue weighted by molar-refractivity contribution is -0.107. The van der Waals surface area contributed by atoms with Crippen molar-refractivity contribution in [1.29, 1.82) is 0 Å². The highest BCUT2D eigenvalue weighted by molar-refractivity contribution is 5.95. The Morgan fingerprint density at radius 3 is 2.62 bits per heavy atom. The molecule has 29 heavy (non-hydrogen) atoms. The average molecular weight is 390 g/mol. The smallest absolute Gasteiger partial charge is 0.255 e. The Hall–Kier alpha value is -2.99. The summed E-state index contributed by atoms with van der Waals surface area (Å²) < 4.78 is 0. The first-order chi connectivity index (χ1) is 14.1. The molecule has 150 valence electrons. The molecule has 1 aliphatic rings. The molecule has 1 aromatic heterocycles. The van der Waals surface area contributed by atoms with Gasteiger partial charge in [0.2, 0.25) is 0 Å². The number of fused-ring (bicyclic) bond motifs is 1. The molecule has 0 saturated heterocycles. The number of benzene rings is 2. The summed E-state index contributed by atoms with van der Waals surface area (Å²) in [5.41, 5.74) is 3.44. The molecule has 0 unspecified atom stereocenters. The monoisotopic (exact) mass is 390 g/mol. The molecule has 0 radical (unpaired) electrons. The number of amides is 1. The molecule has 0 aliphatic heterocycles. The van der Waals surface area contributed by atoms with Crippen molar-refractivity contribution in [2.24, 2.45) is 0 Å². The summed E-state index contributed by atoms with van der Waals surface area (Å²) in [4.78, 5) is 25.7. The maximum atomic E-state index is 13.2. The first kappa shape index (κ1) is 19.3. The lowest BCUT2D eigenvalue weighted by Crippen LogP contribution is -2.57. The fourth-order valence-corrected chi connectivity index (χ4v) is 4.26. The fraction of sp³-hybridized carbons (Fsp3) is 0.348. The first-order valence-corrected chi connectivity index (χ1v) is 10.1. The predicted molar refractivity (Wildman–Crippen MR) is 114 cm³/mol. The second-order valence-electron chi connectivity index (χ2n) is 7.73. The van der Waals surface area contributed by atoms with Gasteiger partial charge in [0, 0.05) is 31.0 Å². The maximum absolute atomic E-state index is 13.2. The van der Waals surface area contributed by atoms with Crippen LogP contribution in [0.3, 0.4) is 0 Å². The number of carbonyl (C=O) groups excluding carboxylic acids is 2. The quantitative estimate of drug-likeness (QED) is 0.366. The van der Waals surface area contributed by atoms with Crippen LogP contribution in [-0.4, -0.2) is 46.5 Å². The van der Waals surface area contributed by atoms with Gasteiger partial charge in [0.05, 0.1) is 17.4 Å². The Balaban J connectivity index is 1.52. The van der Waals surface area contributed by atoms with E-state index in [4.69, 9.17) is 0 Å². The molecule has 6 nitrogen and oxygen atoms in total. The van der Waals surface area contributed by atoms with Crippen LogP contribution in [-0.2, 0) is 4.79 Å². The number of H-pyrrole nitrogens is 1. The molecule has 4 rings (SSSR count). The lowest BCUT2D eigenvalue weighted by atomic mass is 10.0. The largest absolute Gasteiger partial charge is 0.323 e. The van der Waals surface area contributed by atoms with Crippen LogP contribution >= 0.6 is 0 Å². The predicted octanol–water partition coefficient (Wildman–Crippen LogP) is 3.75. The zero-order chi connectivity index (χ0) is 20.3. The number of aldehydes is 1. The van der Waals surface area contributed by atoms with E-state index in [0.717, 1.165) is 54.0 Å². The van der Waals surface area contributed by atoms with E-state index in [2.05, 4.69) is 27.6 Å². The van der Waals surface area contributed by atoms with Gasteiger partial charge in [0.15, 0.2) is 0 Å². The van der Waals surface area contributed by atoms with Crippen LogP contribution in [0.5, 0.6) is 0 Å². The Labute approximate surface area is 170 Å². The van der Waals surface area contributed by atoms with E-state index in [1.165, 1.54) is 0 Å². The van der Waals surface area contributed by atoms with Crippen molar-refractivity contribution in [1.82, 2.24) is 20.4 Å². The molecular weight excluding hydrogens is 364 g/mol. The van der Waals surface area contributed by atoms with Crippen molar-refractivity contribution in [3.05, 3.63) is 54.2 Å². The van der Waals surface area contributed by atoms with Crippen LogP contribution in [0.25, 0.3) is 22.0 Å². The highest BCUT2D eigenvalue weighted by Gasteiger charge is 2.39. The SMILES string of the molecule is CN(C(=O)c1ccc(-c2ccc3cn[nH]c3c2)cc1)C1(NCCC=O)CCCC1. The molecule has 1 fully saturated rings. The Morgan fingerprint density at radius 1 is 1.17 bits per heavy atom. The average Bonchev–Trinajstić information content (AvgIpc) is 3.42. The summed E-state index contributed by atoms with van der Waals surface area (Å²) in [6, 6.07) is 13.9. The van der Waals surface area contributed by atoms with Crippen LogP contribution < -0.4 is 5.32 Å². The number of aromatic nitrogens is 2. The van der Waals surface area contributed by atoms with E-state index in [9.17, 15) is 9.59 Å². The van der Waals surface area contributed by atoms with Gasteiger partial charge in [-0.05, 0) is 55.0 Å². The van der Waals surface area contributed by atoms with Gasteiger partial charge in [0.25, 0.3) is 5.91 Å². The molecular formula is C23H26N4O2. The third kappa shape index (κ3) is 3.80. The summed E-state index contributed by atoms with van der Waals surface area (Å²) in [6.07, 6.45) is 7.17. The number of carbonyl (C=O) groups is 2. The summed E-state index contributed by atoms with van der Waals surface area (Å²) in [7, 11) is 1.86. The van der Waals surface area contributed by atoms with Crippen LogP contribution in [0.2, 0.25) is 0 Å². The fourth-order valence-electron chi connectivity index (χ4n) is 4.26. The number of rotatable bonds is 7. The van der Waals surface area contributed by atoms with Gasteiger partial charge in [-0.2, -0.15) is 5.10 Å². The summed E-state index contributed by atoms with van der Waals surface area (Å²) in [5.74, 6) is 0.000994. The molecule has 2 aromatic carbocycles. The Kier molecular flexibility index (Phi) is 5.45. The number of hydrogen-bond acceptors (Lipinski definition) is 4. The molecule has 0 spiro atoms. The van der Waals surface area contributed by atoms with Crippen molar-refractivity contribution in [3.8, 4) is 11.1 Å². The van der Waals surface area contributed by atoms with E-state index in [1.54, 1.807) is 6.20 Å². The van der Waals surface area contributed by atoms with Gasteiger partial charge < -0.3 is 9.69 Å². The van der Waals surface area contributed by atoms with Crippen LogP contribution in [0.15, 0.2) is 48.7 Å². The van der Waals surface area contributed by atoms with Crippen LogP contribution in [0, 0.1) is 0 Å². The van der Waals surface area contributed by atoms with Crippen LogP contribution in [0.1, 0.15) is 42.5 Å². The van der Waals surface area contributed by atoms with Crippen molar-refractivity contribution in [3.63, 3.8) is 0 Å². The molecule has 1 amide bonds. The van der Waals surface area contributed by atoms with Gasteiger partial charge in [-0.3, -0.25) is 15.2 Å². The van der Waals surface area contributed by atoms with Gasteiger partial charge >= 0.3 is 0 Å². The number of hydrogen-bond donors (Lipinski definition) is 2. The minimum absolute atomic E-state index is 0.000994. The van der Waals surface area contributed by atoms with Crippen molar-refractivity contribution < 1.29 is 9.59 Å². The molecule has 2 N–H and O–H groups in total. The lowest BCUT2D eigenvalue weighted by Gasteiger charge is -2.40. The van der Waals surface area contributed by atoms with Gasteiger partial charge in [-0.25, -0.2) is 0 Å². The third-order valence-corrected chi connectivity index (χ3v) is 6.00. The summed E-state index contributed by atoms with van der Waals surface area (Å²) in [5, 5.41) is 11.6. The molecule has 3 aromatic rings. The standard InChI is InChI=1S/C23H26N4O2/c1-27(23(11-2-3-12-23)24-13-4-14-28)22(29)18-7-5-17(6-8-18)19-9-10-20-16-25-26-21(20)15-19/h5-10,14-16,24H,2-4,11-13H2,1H3,(H,25,26). The highest BCUT2D eigenvalue weighted by atomic mass is 16.2. The molecule has 1 aliphatic carbocycles. The zero-order valence-corrected chi connectivity index (χ0v) is 16.6. The first-order valence-electron chi connectivity index (χ1n) is 10.1. The van der Waals surface area contributed by atoms with Gasteiger partial charge in [-0.15, -0.1) is 0 Å². The minimum atomic E-state index is -0.357. The topological polar surface area (TPSA) is 78.1 Å². The zero-order valence-electron chi connectivity index (χ0n) is 16.6. The second kappa shape index (κ2) is 8.17. The normalized spacial score (nSPS) is 15.5. The number of nitrogens with one attached hydrogen (secondary N) is 2. The van der Waals surface area contributed by atoms with Crippen molar-refractivity contribution >= 4 is 23.1 Å². The van der Waals surface area contributed by atoms with E-state index in [-0.39, 0.29) is 11.6 Å². The Morgan fingerprint density at radius 2 is 1.90 bits per heavy atom. The maximum Gasteiger partial charge on any atom is 0.255 e. The molecule has 1 heterocycles. The number of aromatic amines is 1.